The van der Waals surface area contributed by atoms with Crippen molar-refractivity contribution in [3.8, 4) is 0 Å². The van der Waals surface area contributed by atoms with Gasteiger partial charge in [0.2, 0.25) is 0 Å². The Morgan fingerprint density at radius 2 is 1.19 bits per heavy atom. The van der Waals surface area contributed by atoms with E-state index in [0.717, 1.165) is 13.0 Å². The summed E-state index contributed by atoms with van der Waals surface area (Å²) in [5.74, 6) is 0. The van der Waals surface area contributed by atoms with Crippen LogP contribution in [0.2, 0.25) is 0 Å². The van der Waals surface area contributed by atoms with E-state index in [1.807, 2.05) is 0 Å². The first kappa shape index (κ1) is 15.9. The largest absolute Gasteiger partial charge is 0.314 e. The van der Waals surface area contributed by atoms with E-state index in [-0.39, 0.29) is 4.65 Å². The van der Waals surface area contributed by atoms with Crippen LogP contribution in [0.15, 0.2) is 0 Å². The second kappa shape index (κ2) is 10.1. The zero-order chi connectivity index (χ0) is 12.3. The highest BCUT2D eigenvalue weighted by Gasteiger charge is 2.02. The van der Waals surface area contributed by atoms with E-state index in [1.54, 1.807) is 7.05 Å². The first-order valence-electron chi connectivity index (χ1n) is 6.99. The molecular formula is C14H31NO. The molecule has 2 nitrogen and oxygen atoms in total. The number of nitrogens with zero attached hydrogens (tertiary/aromatic N) is 1. The zero-order valence-corrected chi connectivity index (χ0v) is 11.4. The van der Waals surface area contributed by atoms with Crippen molar-refractivity contribution in [2.75, 3.05) is 13.6 Å². The second-order valence-corrected chi connectivity index (χ2v) is 5.24. The van der Waals surface area contributed by atoms with Gasteiger partial charge in [0.25, 0.3) is 0 Å². The summed E-state index contributed by atoms with van der Waals surface area (Å²) < 4.78 is -0.128. The SMILES string of the molecule is [CH2-][N+](C)(O)CCCCCCCCCCCC. The molecular weight excluding hydrogens is 198 g/mol. The zero-order valence-electron chi connectivity index (χ0n) is 11.4. The van der Waals surface area contributed by atoms with Crippen molar-refractivity contribution in [1.82, 2.24) is 0 Å². The van der Waals surface area contributed by atoms with Gasteiger partial charge in [0.15, 0.2) is 0 Å². The van der Waals surface area contributed by atoms with Gasteiger partial charge in [0.05, 0.1) is 13.6 Å². The van der Waals surface area contributed by atoms with E-state index >= 15 is 0 Å². The van der Waals surface area contributed by atoms with Crippen LogP contribution < -0.4 is 0 Å². The molecule has 0 amide bonds. The van der Waals surface area contributed by atoms with Gasteiger partial charge in [0, 0.05) is 0 Å². The first-order chi connectivity index (χ1) is 7.56. The van der Waals surface area contributed by atoms with Gasteiger partial charge < -0.3 is 4.65 Å². The fourth-order valence-corrected chi connectivity index (χ4v) is 1.94. The molecule has 16 heavy (non-hydrogen) atoms. The standard InChI is InChI=1S/C14H31NO/c1-4-5-6-7-8-9-10-11-12-13-14-15(2,3)16/h16H,2,4-14H2,1,3H3. The summed E-state index contributed by atoms with van der Waals surface area (Å²) in [6.45, 7) is 3.03. The molecule has 0 bridgehead atoms. The van der Waals surface area contributed by atoms with Crippen LogP contribution in [0.4, 0.5) is 0 Å². The Kier molecular flexibility index (Phi) is 10.0. The third-order valence-corrected chi connectivity index (χ3v) is 2.99. The van der Waals surface area contributed by atoms with Crippen LogP contribution in [0.1, 0.15) is 71.1 Å². The average molecular weight is 229 g/mol. The van der Waals surface area contributed by atoms with E-state index < -0.39 is 0 Å². The number of quaternary nitrogens is 1. The van der Waals surface area contributed by atoms with E-state index in [1.165, 1.54) is 57.8 Å². The maximum absolute atomic E-state index is 9.37. The van der Waals surface area contributed by atoms with Gasteiger partial charge in [-0.2, -0.15) is 0 Å². The van der Waals surface area contributed by atoms with Crippen LogP contribution in [0.25, 0.3) is 0 Å². The minimum atomic E-state index is -0.128. The van der Waals surface area contributed by atoms with Gasteiger partial charge in [-0.3, -0.25) is 0 Å². The van der Waals surface area contributed by atoms with Crippen LogP contribution in [-0.4, -0.2) is 23.4 Å². The molecule has 1 N–H and O–H groups in total. The van der Waals surface area contributed by atoms with Crippen molar-refractivity contribution in [3.05, 3.63) is 7.05 Å². The van der Waals surface area contributed by atoms with E-state index in [9.17, 15) is 5.21 Å². The smallest absolute Gasteiger partial charge is 0.0828 e. The Morgan fingerprint density at radius 3 is 1.56 bits per heavy atom. The molecule has 1 atom stereocenters. The minimum Gasteiger partial charge on any atom is -0.314 e. The van der Waals surface area contributed by atoms with Gasteiger partial charge in [-0.05, 0) is 12.8 Å². The van der Waals surface area contributed by atoms with Crippen molar-refractivity contribution < 1.29 is 9.85 Å². The molecule has 0 saturated carbocycles. The maximum Gasteiger partial charge on any atom is 0.0828 e. The summed E-state index contributed by atoms with van der Waals surface area (Å²) in [7, 11) is 5.37. The Bertz CT molecular complexity index is 140. The summed E-state index contributed by atoms with van der Waals surface area (Å²) in [4.78, 5) is 0. The molecule has 1 unspecified atom stereocenters. The van der Waals surface area contributed by atoms with Gasteiger partial charge in [0.1, 0.15) is 0 Å². The summed E-state index contributed by atoms with van der Waals surface area (Å²) in [5.41, 5.74) is 0. The lowest BCUT2D eigenvalue weighted by atomic mass is 10.1. The summed E-state index contributed by atoms with van der Waals surface area (Å²) in [6, 6.07) is 0. The predicted molar refractivity (Wildman–Crippen MR) is 70.0 cm³/mol. The van der Waals surface area contributed by atoms with Crippen LogP contribution in [0.3, 0.4) is 0 Å². The van der Waals surface area contributed by atoms with Crippen LogP contribution in [-0.2, 0) is 0 Å². The lowest BCUT2D eigenvalue weighted by Crippen LogP contribution is -2.33. The van der Waals surface area contributed by atoms with Gasteiger partial charge >= 0.3 is 0 Å². The molecule has 0 spiro atoms. The van der Waals surface area contributed by atoms with Crippen LogP contribution >= 0.6 is 0 Å². The quantitative estimate of drug-likeness (QED) is 0.239. The number of hydrogen-bond acceptors (Lipinski definition) is 1. The minimum absolute atomic E-state index is 0.128. The molecule has 98 valence electrons. The molecule has 0 fully saturated rings. The highest BCUT2D eigenvalue weighted by atomic mass is 16.5. The number of hydroxylamine groups is 3. The molecule has 0 aromatic heterocycles. The Labute approximate surface area is 102 Å². The summed E-state index contributed by atoms with van der Waals surface area (Å²) in [6.07, 6.45) is 13.4. The molecule has 0 aromatic carbocycles. The van der Waals surface area contributed by atoms with Gasteiger partial charge in [-0.1, -0.05) is 58.3 Å². The lowest BCUT2D eigenvalue weighted by Gasteiger charge is -2.27. The Hall–Kier alpha value is -0.0800. The Morgan fingerprint density at radius 1 is 0.812 bits per heavy atom. The molecule has 0 aliphatic heterocycles. The third kappa shape index (κ3) is 13.9. The van der Waals surface area contributed by atoms with E-state index in [4.69, 9.17) is 0 Å². The van der Waals surface area contributed by atoms with Crippen molar-refractivity contribution in [3.63, 3.8) is 0 Å². The first-order valence-corrected chi connectivity index (χ1v) is 6.99. The number of rotatable bonds is 11. The fourth-order valence-electron chi connectivity index (χ4n) is 1.94. The van der Waals surface area contributed by atoms with Crippen LogP contribution in [0, 0.1) is 7.05 Å². The second-order valence-electron chi connectivity index (χ2n) is 5.24. The molecule has 0 rings (SSSR count). The van der Waals surface area contributed by atoms with Crippen molar-refractivity contribution in [1.29, 1.82) is 0 Å². The lowest BCUT2D eigenvalue weighted by molar-refractivity contribution is -1.05. The van der Waals surface area contributed by atoms with Gasteiger partial charge in [-0.15, -0.1) is 7.05 Å². The molecule has 0 aliphatic carbocycles. The Balaban J connectivity index is 2.99. The number of unbranched alkanes of at least 4 members (excludes halogenated alkanes) is 9. The number of hydrogen-bond donors (Lipinski definition) is 1. The summed E-state index contributed by atoms with van der Waals surface area (Å²) in [5, 5.41) is 9.37. The van der Waals surface area contributed by atoms with Gasteiger partial charge in [-0.25, -0.2) is 5.21 Å². The molecule has 2 heteroatoms. The third-order valence-electron chi connectivity index (χ3n) is 2.99. The van der Waals surface area contributed by atoms with Crippen molar-refractivity contribution in [2.24, 2.45) is 0 Å². The molecule has 0 heterocycles. The van der Waals surface area contributed by atoms with Crippen molar-refractivity contribution in [2.45, 2.75) is 71.1 Å². The van der Waals surface area contributed by atoms with Crippen molar-refractivity contribution >= 4 is 0 Å². The highest BCUT2D eigenvalue weighted by Crippen LogP contribution is 2.11. The highest BCUT2D eigenvalue weighted by molar-refractivity contribution is 4.47. The summed E-state index contributed by atoms with van der Waals surface area (Å²) >= 11 is 0. The predicted octanol–water partition coefficient (Wildman–Crippen LogP) is 4.53. The normalized spacial score (nSPS) is 15.0. The molecule has 0 radical (unpaired) electrons. The maximum atomic E-state index is 9.37. The van der Waals surface area contributed by atoms with E-state index in [2.05, 4.69) is 14.0 Å². The average Bonchev–Trinajstić information content (AvgIpc) is 2.19. The molecule has 0 aliphatic rings. The topological polar surface area (TPSA) is 20.2 Å². The molecule has 0 saturated heterocycles. The van der Waals surface area contributed by atoms with E-state index in [0.29, 0.717) is 0 Å². The van der Waals surface area contributed by atoms with Crippen LogP contribution in [0.5, 0.6) is 0 Å². The fraction of sp³-hybridized carbons (Fsp3) is 0.929. The monoisotopic (exact) mass is 229 g/mol. The molecule has 0 aromatic rings.